The number of halogens is 2. The Bertz CT molecular complexity index is 398. The Morgan fingerprint density at radius 2 is 2.36 bits per heavy atom. The molecule has 2 heterocycles. The van der Waals surface area contributed by atoms with Crippen LogP contribution in [0.1, 0.15) is 0 Å². The highest BCUT2D eigenvalue weighted by atomic mass is 127. The highest BCUT2D eigenvalue weighted by molar-refractivity contribution is 14.1. The van der Waals surface area contributed by atoms with Crippen LogP contribution in [0, 0.1) is 3.70 Å². The third-order valence-corrected chi connectivity index (χ3v) is 2.50. The molecule has 0 unspecified atom stereocenters. The highest BCUT2D eigenvalue weighted by Gasteiger charge is 2.02. The molecule has 0 saturated heterocycles. The van der Waals surface area contributed by atoms with Gasteiger partial charge < -0.3 is 0 Å². The minimum absolute atomic E-state index is 0.892. The van der Waals surface area contributed by atoms with E-state index in [1.807, 2.05) is 6.07 Å². The van der Waals surface area contributed by atoms with Gasteiger partial charge in [-0.3, -0.25) is 10.1 Å². The van der Waals surface area contributed by atoms with Gasteiger partial charge >= 0.3 is 0 Å². The van der Waals surface area contributed by atoms with Crippen LogP contribution in [-0.4, -0.2) is 15.2 Å². The van der Waals surface area contributed by atoms with Crippen LogP contribution in [0.15, 0.2) is 16.7 Å². The number of aromatic nitrogens is 3. The van der Waals surface area contributed by atoms with Crippen molar-refractivity contribution in [1.29, 1.82) is 0 Å². The van der Waals surface area contributed by atoms with E-state index >= 15 is 0 Å². The van der Waals surface area contributed by atoms with E-state index in [0.29, 0.717) is 0 Å². The Kier molecular flexibility index (Phi) is 1.84. The quantitative estimate of drug-likeness (QED) is 0.756. The third-order valence-electron chi connectivity index (χ3n) is 1.32. The molecular formula is C6H3BrIN3. The molecule has 0 radical (unpaired) electrons. The number of rotatable bonds is 0. The largest absolute Gasteiger partial charge is 0.269 e. The third kappa shape index (κ3) is 1.26. The van der Waals surface area contributed by atoms with Crippen molar-refractivity contribution in [3.05, 3.63) is 20.4 Å². The van der Waals surface area contributed by atoms with Crippen LogP contribution < -0.4 is 0 Å². The molecule has 56 valence electrons. The zero-order chi connectivity index (χ0) is 7.84. The Morgan fingerprint density at radius 1 is 1.55 bits per heavy atom. The maximum Gasteiger partial charge on any atom is 0.122 e. The van der Waals surface area contributed by atoms with Crippen LogP contribution in [0.4, 0.5) is 0 Å². The fourth-order valence-corrected chi connectivity index (χ4v) is 1.70. The molecule has 0 spiro atoms. The van der Waals surface area contributed by atoms with E-state index in [0.717, 1.165) is 19.2 Å². The van der Waals surface area contributed by atoms with Gasteiger partial charge in [-0.05, 0) is 44.6 Å². The SMILES string of the molecule is Brc1cnc2c(I)[nH]nc2c1. The van der Waals surface area contributed by atoms with Crippen molar-refractivity contribution in [2.24, 2.45) is 0 Å². The first kappa shape index (κ1) is 7.48. The number of hydrogen-bond donors (Lipinski definition) is 1. The molecule has 3 nitrogen and oxygen atoms in total. The molecule has 5 heteroatoms. The summed E-state index contributed by atoms with van der Waals surface area (Å²) in [5, 5.41) is 6.91. The van der Waals surface area contributed by atoms with E-state index in [-0.39, 0.29) is 0 Å². The van der Waals surface area contributed by atoms with Crippen LogP contribution in [0.3, 0.4) is 0 Å². The molecule has 0 bridgehead atoms. The predicted molar refractivity (Wildman–Crippen MR) is 54.3 cm³/mol. The Labute approximate surface area is 84.9 Å². The van der Waals surface area contributed by atoms with Gasteiger partial charge in [0.05, 0.1) is 0 Å². The molecule has 0 aromatic carbocycles. The maximum atomic E-state index is 4.19. The smallest absolute Gasteiger partial charge is 0.122 e. The minimum atomic E-state index is 0.892. The normalized spacial score (nSPS) is 10.7. The highest BCUT2D eigenvalue weighted by Crippen LogP contribution is 2.18. The minimum Gasteiger partial charge on any atom is -0.269 e. The van der Waals surface area contributed by atoms with E-state index in [2.05, 4.69) is 53.7 Å². The summed E-state index contributed by atoms with van der Waals surface area (Å²) < 4.78 is 1.93. The second-order valence-electron chi connectivity index (χ2n) is 2.06. The van der Waals surface area contributed by atoms with Crippen molar-refractivity contribution >= 4 is 49.6 Å². The van der Waals surface area contributed by atoms with E-state index in [4.69, 9.17) is 0 Å². The van der Waals surface area contributed by atoms with Crippen LogP contribution in [-0.2, 0) is 0 Å². The summed E-state index contributed by atoms with van der Waals surface area (Å²) in [5.74, 6) is 0. The molecule has 0 aliphatic rings. The average molecular weight is 324 g/mol. The molecule has 2 rings (SSSR count). The molecule has 0 atom stereocenters. The van der Waals surface area contributed by atoms with Gasteiger partial charge in [0.15, 0.2) is 0 Å². The second-order valence-corrected chi connectivity index (χ2v) is 4.05. The lowest BCUT2D eigenvalue weighted by Gasteiger charge is -1.87. The molecule has 0 aliphatic carbocycles. The van der Waals surface area contributed by atoms with Gasteiger partial charge in [-0.25, -0.2) is 0 Å². The fourth-order valence-electron chi connectivity index (χ4n) is 0.845. The summed E-state index contributed by atoms with van der Waals surface area (Å²) in [6.45, 7) is 0. The molecular weight excluding hydrogens is 321 g/mol. The van der Waals surface area contributed by atoms with Gasteiger partial charge in [-0.2, -0.15) is 5.10 Å². The van der Waals surface area contributed by atoms with Gasteiger partial charge in [-0.15, -0.1) is 0 Å². The van der Waals surface area contributed by atoms with Crippen LogP contribution in [0.5, 0.6) is 0 Å². The summed E-state index contributed by atoms with van der Waals surface area (Å²) in [4.78, 5) is 4.19. The molecule has 0 fully saturated rings. The first-order valence-electron chi connectivity index (χ1n) is 2.92. The van der Waals surface area contributed by atoms with Crippen LogP contribution in [0.25, 0.3) is 11.0 Å². The Balaban J connectivity index is 2.86. The Hall–Kier alpha value is -0.170. The average Bonchev–Trinajstić information content (AvgIpc) is 2.32. The lowest BCUT2D eigenvalue weighted by atomic mass is 10.4. The molecule has 0 aliphatic heterocycles. The summed E-state index contributed by atoms with van der Waals surface area (Å²) in [6, 6.07) is 1.93. The van der Waals surface area contributed by atoms with E-state index in [9.17, 15) is 0 Å². The summed E-state index contributed by atoms with van der Waals surface area (Å²) in [5.41, 5.74) is 1.82. The first-order chi connectivity index (χ1) is 5.27. The van der Waals surface area contributed by atoms with Crippen LogP contribution >= 0.6 is 38.5 Å². The number of aromatic amines is 1. The fraction of sp³-hybridized carbons (Fsp3) is 0. The number of pyridine rings is 1. The summed E-state index contributed by atoms with van der Waals surface area (Å²) >= 11 is 5.49. The molecule has 2 aromatic rings. The molecule has 0 amide bonds. The van der Waals surface area contributed by atoms with Crippen molar-refractivity contribution in [3.8, 4) is 0 Å². The monoisotopic (exact) mass is 323 g/mol. The van der Waals surface area contributed by atoms with Gasteiger partial charge in [0.1, 0.15) is 14.7 Å². The first-order valence-corrected chi connectivity index (χ1v) is 4.79. The molecule has 1 N–H and O–H groups in total. The van der Waals surface area contributed by atoms with Crippen LogP contribution in [0.2, 0.25) is 0 Å². The topological polar surface area (TPSA) is 41.6 Å². The molecule has 2 aromatic heterocycles. The van der Waals surface area contributed by atoms with Gasteiger partial charge in [0.25, 0.3) is 0 Å². The lowest BCUT2D eigenvalue weighted by Crippen LogP contribution is -1.75. The zero-order valence-electron chi connectivity index (χ0n) is 5.31. The van der Waals surface area contributed by atoms with Crippen molar-refractivity contribution < 1.29 is 0 Å². The number of H-pyrrole nitrogens is 1. The molecule has 0 saturated carbocycles. The summed E-state index contributed by atoms with van der Waals surface area (Å²) in [6.07, 6.45) is 1.76. The van der Waals surface area contributed by atoms with E-state index < -0.39 is 0 Å². The van der Waals surface area contributed by atoms with Crippen molar-refractivity contribution in [1.82, 2.24) is 15.2 Å². The second kappa shape index (κ2) is 2.71. The standard InChI is InChI=1S/C6H3BrIN3/c7-3-1-4-5(9-2-3)6(8)11-10-4/h1-2H,(H,10,11). The number of fused-ring (bicyclic) bond motifs is 1. The van der Waals surface area contributed by atoms with Gasteiger partial charge in [-0.1, -0.05) is 0 Å². The number of hydrogen-bond acceptors (Lipinski definition) is 2. The number of nitrogens with zero attached hydrogens (tertiary/aromatic N) is 2. The number of nitrogens with one attached hydrogen (secondary N) is 1. The Morgan fingerprint density at radius 3 is 3.18 bits per heavy atom. The maximum absolute atomic E-state index is 4.19. The van der Waals surface area contributed by atoms with E-state index in [1.54, 1.807) is 6.20 Å². The van der Waals surface area contributed by atoms with Gasteiger partial charge in [0, 0.05) is 10.7 Å². The van der Waals surface area contributed by atoms with Crippen molar-refractivity contribution in [2.45, 2.75) is 0 Å². The molecule has 11 heavy (non-hydrogen) atoms. The van der Waals surface area contributed by atoms with E-state index in [1.165, 1.54) is 0 Å². The van der Waals surface area contributed by atoms with Crippen molar-refractivity contribution in [2.75, 3.05) is 0 Å². The van der Waals surface area contributed by atoms with Gasteiger partial charge in [0.2, 0.25) is 0 Å². The summed E-state index contributed by atoms with van der Waals surface area (Å²) in [7, 11) is 0. The lowest BCUT2D eigenvalue weighted by molar-refractivity contribution is 1.09. The zero-order valence-corrected chi connectivity index (χ0v) is 9.05. The van der Waals surface area contributed by atoms with Crippen molar-refractivity contribution in [3.63, 3.8) is 0 Å². The predicted octanol–water partition coefficient (Wildman–Crippen LogP) is 2.32.